The molecule has 0 rings (SSSR count). The number of allylic oxidation sites excluding steroid dienone is 1. The number of hydrogen-bond donors (Lipinski definition) is 1. The summed E-state index contributed by atoms with van der Waals surface area (Å²) in [5.74, 6) is -0.216. The molecule has 5 heteroatoms. The summed E-state index contributed by atoms with van der Waals surface area (Å²) in [6, 6.07) is 0. The number of aliphatic carboxylic acids is 1. The monoisotopic (exact) mass is 258 g/mol. The summed E-state index contributed by atoms with van der Waals surface area (Å²) in [5, 5.41) is 8.60. The molecule has 0 spiro atoms. The molecule has 104 valence electrons. The van der Waals surface area contributed by atoms with Gasteiger partial charge in [-0.2, -0.15) is 0 Å². The first-order valence-corrected chi connectivity index (χ1v) is 5.88. The summed E-state index contributed by atoms with van der Waals surface area (Å²) in [6.07, 6.45) is 2.24. The first kappa shape index (κ1) is 16.7. The zero-order valence-corrected chi connectivity index (χ0v) is 11.1. The van der Waals surface area contributed by atoms with E-state index in [1.54, 1.807) is 19.9 Å². The lowest BCUT2D eigenvalue weighted by Gasteiger charge is -2.06. The molecule has 0 aliphatic rings. The van der Waals surface area contributed by atoms with Gasteiger partial charge in [0.05, 0.1) is 32.2 Å². The number of carbonyl (C=O) groups is 1. The van der Waals surface area contributed by atoms with Crippen LogP contribution in [0.3, 0.4) is 0 Å². The van der Waals surface area contributed by atoms with Gasteiger partial charge in [0.25, 0.3) is 0 Å². The minimum absolute atomic E-state index is 0.340. The number of rotatable bonds is 11. The van der Waals surface area contributed by atoms with E-state index in [0.29, 0.717) is 50.8 Å². The van der Waals surface area contributed by atoms with Crippen molar-refractivity contribution in [2.45, 2.75) is 20.3 Å². The van der Waals surface area contributed by atoms with Gasteiger partial charge in [-0.25, -0.2) is 4.79 Å². The minimum Gasteiger partial charge on any atom is -0.496 e. The summed E-state index contributed by atoms with van der Waals surface area (Å²) < 4.78 is 15.6. The Labute approximate surface area is 108 Å². The topological polar surface area (TPSA) is 65.0 Å². The van der Waals surface area contributed by atoms with Crippen LogP contribution in [0.4, 0.5) is 0 Å². The second kappa shape index (κ2) is 10.8. The van der Waals surface area contributed by atoms with Crippen molar-refractivity contribution in [3.05, 3.63) is 24.0 Å². The highest BCUT2D eigenvalue weighted by molar-refractivity contribution is 5.85. The number of carboxylic acid groups (broad SMARTS) is 1. The molecule has 0 unspecified atom stereocenters. The van der Waals surface area contributed by atoms with Gasteiger partial charge >= 0.3 is 5.97 Å². The maximum Gasteiger partial charge on any atom is 0.330 e. The fourth-order valence-corrected chi connectivity index (χ4v) is 1.04. The highest BCUT2D eigenvalue weighted by atomic mass is 16.5. The van der Waals surface area contributed by atoms with E-state index in [1.165, 1.54) is 0 Å². The van der Waals surface area contributed by atoms with Crippen LogP contribution in [0.5, 0.6) is 0 Å². The summed E-state index contributed by atoms with van der Waals surface area (Å²) >= 11 is 0. The fraction of sp³-hybridized carbons (Fsp3) is 0.615. The maximum atomic E-state index is 10.5. The van der Waals surface area contributed by atoms with Crippen LogP contribution in [0.2, 0.25) is 0 Å². The van der Waals surface area contributed by atoms with Gasteiger partial charge in [0, 0.05) is 5.57 Å². The zero-order chi connectivity index (χ0) is 13.8. The van der Waals surface area contributed by atoms with Gasteiger partial charge in [-0.3, -0.25) is 0 Å². The Hall–Kier alpha value is -1.33. The van der Waals surface area contributed by atoms with E-state index in [9.17, 15) is 4.79 Å². The van der Waals surface area contributed by atoms with E-state index in [-0.39, 0.29) is 0 Å². The third kappa shape index (κ3) is 11.2. The maximum absolute atomic E-state index is 10.5. The molecule has 0 aliphatic heterocycles. The van der Waals surface area contributed by atoms with E-state index in [4.69, 9.17) is 19.3 Å². The molecule has 0 aromatic heterocycles. The molecule has 18 heavy (non-hydrogen) atoms. The molecule has 0 saturated carbocycles. The minimum atomic E-state index is -0.893. The van der Waals surface area contributed by atoms with Crippen molar-refractivity contribution < 1.29 is 24.1 Å². The van der Waals surface area contributed by atoms with Gasteiger partial charge in [-0.05, 0) is 20.3 Å². The van der Waals surface area contributed by atoms with Gasteiger partial charge in [0.15, 0.2) is 0 Å². The molecule has 0 fully saturated rings. The van der Waals surface area contributed by atoms with Crippen LogP contribution in [-0.4, -0.2) is 44.1 Å². The van der Waals surface area contributed by atoms with Crippen LogP contribution in [0.15, 0.2) is 24.0 Å². The first-order chi connectivity index (χ1) is 8.54. The van der Waals surface area contributed by atoms with E-state index >= 15 is 0 Å². The van der Waals surface area contributed by atoms with Gasteiger partial charge in [0.1, 0.15) is 6.61 Å². The van der Waals surface area contributed by atoms with Crippen molar-refractivity contribution >= 4 is 5.97 Å². The molecule has 0 bridgehead atoms. The van der Waals surface area contributed by atoms with E-state index in [1.807, 2.05) is 0 Å². The van der Waals surface area contributed by atoms with Crippen molar-refractivity contribution in [2.24, 2.45) is 0 Å². The Morgan fingerprint density at radius 3 is 2.22 bits per heavy atom. The molecule has 0 heterocycles. The Morgan fingerprint density at radius 2 is 1.67 bits per heavy atom. The summed E-state index contributed by atoms with van der Waals surface area (Å²) in [5.41, 5.74) is 0.340. The molecule has 0 radical (unpaired) electrons. The van der Waals surface area contributed by atoms with E-state index in [0.717, 1.165) is 0 Å². The second-order valence-corrected chi connectivity index (χ2v) is 3.76. The third-order valence-corrected chi connectivity index (χ3v) is 2.00. The van der Waals surface area contributed by atoms with Crippen LogP contribution in [-0.2, 0) is 19.0 Å². The largest absolute Gasteiger partial charge is 0.496 e. The van der Waals surface area contributed by atoms with Crippen molar-refractivity contribution in [1.82, 2.24) is 0 Å². The lowest BCUT2D eigenvalue weighted by molar-refractivity contribution is -0.132. The Balaban J connectivity index is 3.24. The van der Waals surface area contributed by atoms with E-state index < -0.39 is 5.97 Å². The molecule has 0 saturated heterocycles. The lowest BCUT2D eigenvalue weighted by atomic mass is 10.2. The summed E-state index contributed by atoms with van der Waals surface area (Å²) in [6.45, 7) is 9.44. The summed E-state index contributed by atoms with van der Waals surface area (Å²) in [7, 11) is 0. The third-order valence-electron chi connectivity index (χ3n) is 2.00. The Morgan fingerprint density at radius 1 is 1.11 bits per heavy atom. The van der Waals surface area contributed by atoms with Crippen LogP contribution >= 0.6 is 0 Å². The van der Waals surface area contributed by atoms with E-state index in [2.05, 4.69) is 6.58 Å². The average Bonchev–Trinajstić information content (AvgIpc) is 2.30. The van der Waals surface area contributed by atoms with Crippen LogP contribution in [0.25, 0.3) is 0 Å². The van der Waals surface area contributed by atoms with Crippen molar-refractivity contribution in [2.75, 3.05) is 33.0 Å². The molecule has 0 amide bonds. The molecule has 0 aromatic carbocycles. The first-order valence-electron chi connectivity index (χ1n) is 5.88. The lowest BCUT2D eigenvalue weighted by Crippen LogP contribution is -2.09. The predicted molar refractivity (Wildman–Crippen MR) is 68.4 cm³/mol. The van der Waals surface area contributed by atoms with Crippen molar-refractivity contribution in [3.8, 4) is 0 Å². The molecule has 1 N–H and O–H groups in total. The van der Waals surface area contributed by atoms with Crippen LogP contribution in [0.1, 0.15) is 20.3 Å². The number of hydrogen-bond acceptors (Lipinski definition) is 4. The van der Waals surface area contributed by atoms with Crippen molar-refractivity contribution in [1.29, 1.82) is 0 Å². The predicted octanol–water partition coefficient (Wildman–Crippen LogP) is 1.99. The average molecular weight is 258 g/mol. The molecule has 5 nitrogen and oxygen atoms in total. The quantitative estimate of drug-likeness (QED) is 0.349. The normalized spacial score (nSPS) is 11.3. The Bertz CT molecular complexity index is 283. The molecular weight excluding hydrogens is 236 g/mol. The smallest absolute Gasteiger partial charge is 0.330 e. The van der Waals surface area contributed by atoms with Crippen molar-refractivity contribution in [3.63, 3.8) is 0 Å². The molecule has 0 aliphatic carbocycles. The number of ether oxygens (including phenoxy) is 3. The highest BCUT2D eigenvalue weighted by Crippen LogP contribution is 1.95. The van der Waals surface area contributed by atoms with Gasteiger partial charge in [-0.1, -0.05) is 12.7 Å². The molecular formula is C13H22O5. The standard InChI is InChI=1S/C13H22O5/c1-11(2)18-10-9-17-8-7-16-6-4-5-12(3)13(14)15/h5H,1,4,6-10H2,2-3H3,(H,14,15). The summed E-state index contributed by atoms with van der Waals surface area (Å²) in [4.78, 5) is 10.5. The fourth-order valence-electron chi connectivity index (χ4n) is 1.04. The van der Waals surface area contributed by atoms with Gasteiger partial charge in [-0.15, -0.1) is 0 Å². The van der Waals surface area contributed by atoms with Crippen LogP contribution < -0.4 is 0 Å². The Kier molecular flexibility index (Phi) is 10.0. The number of carboxylic acids is 1. The molecule has 0 atom stereocenters. The van der Waals surface area contributed by atoms with Gasteiger partial charge in [0.2, 0.25) is 0 Å². The van der Waals surface area contributed by atoms with Crippen LogP contribution in [0, 0.1) is 0 Å². The zero-order valence-electron chi connectivity index (χ0n) is 11.1. The highest BCUT2D eigenvalue weighted by Gasteiger charge is 1.97. The molecule has 0 aromatic rings. The SMILES string of the molecule is C=C(C)OCCOCCOCCC=C(C)C(=O)O. The van der Waals surface area contributed by atoms with Gasteiger partial charge < -0.3 is 19.3 Å². The second-order valence-electron chi connectivity index (χ2n) is 3.76.